The van der Waals surface area contributed by atoms with Gasteiger partial charge in [-0.2, -0.15) is 0 Å². The van der Waals surface area contributed by atoms with Crippen molar-refractivity contribution in [1.82, 2.24) is 15.0 Å². The maximum absolute atomic E-state index is 6.34. The van der Waals surface area contributed by atoms with E-state index in [4.69, 9.17) is 23.8 Å². The fourth-order valence-corrected chi connectivity index (χ4v) is 7.78. The molecule has 0 radical (unpaired) electrons. The minimum absolute atomic E-state index is 0.601. The highest BCUT2D eigenvalue weighted by Gasteiger charge is 2.18. The summed E-state index contributed by atoms with van der Waals surface area (Å²) < 4.78 is 12.5. The maximum atomic E-state index is 6.34. The van der Waals surface area contributed by atoms with E-state index in [0.717, 1.165) is 82.8 Å². The number of para-hydroxylation sites is 1. The fourth-order valence-electron chi connectivity index (χ4n) is 7.78. The van der Waals surface area contributed by atoms with Gasteiger partial charge in [0, 0.05) is 38.2 Å². The van der Waals surface area contributed by atoms with Crippen molar-refractivity contribution < 1.29 is 8.83 Å². The highest BCUT2D eigenvalue weighted by Crippen LogP contribution is 2.41. The molecule has 0 saturated heterocycles. The van der Waals surface area contributed by atoms with E-state index in [2.05, 4.69) is 115 Å². The summed E-state index contributed by atoms with van der Waals surface area (Å²) in [4.78, 5) is 15.1. The number of fused-ring (bicyclic) bond motifs is 8. The molecule has 0 saturated carbocycles. The number of rotatable bonds is 5. The Morgan fingerprint density at radius 2 is 0.796 bits per heavy atom. The van der Waals surface area contributed by atoms with Crippen LogP contribution >= 0.6 is 0 Å². The highest BCUT2D eigenvalue weighted by atomic mass is 16.3. The maximum Gasteiger partial charge on any atom is 0.164 e. The molecule has 3 heterocycles. The summed E-state index contributed by atoms with van der Waals surface area (Å²) in [7, 11) is 0. The van der Waals surface area contributed by atoms with Gasteiger partial charge >= 0.3 is 0 Å². The number of furan rings is 2. The second kappa shape index (κ2) is 12.1. The van der Waals surface area contributed by atoms with E-state index in [9.17, 15) is 0 Å². The van der Waals surface area contributed by atoms with E-state index in [1.54, 1.807) is 0 Å². The van der Waals surface area contributed by atoms with Gasteiger partial charge in [0.2, 0.25) is 0 Å². The Morgan fingerprint density at radius 3 is 1.56 bits per heavy atom. The number of nitrogens with zero attached hydrogens (tertiary/aromatic N) is 3. The molecule has 0 N–H and O–H groups in total. The molecular weight excluding hydrogens is 663 g/mol. The average Bonchev–Trinajstić information content (AvgIpc) is 3.83. The Labute approximate surface area is 309 Å². The predicted molar refractivity (Wildman–Crippen MR) is 219 cm³/mol. The molecule has 8 aromatic carbocycles. The molecule has 0 spiro atoms. The summed E-state index contributed by atoms with van der Waals surface area (Å²) in [6.07, 6.45) is 0. The van der Waals surface area contributed by atoms with Gasteiger partial charge in [-0.25, -0.2) is 15.0 Å². The van der Waals surface area contributed by atoms with Crippen LogP contribution in [0.4, 0.5) is 0 Å². The third-order valence-electron chi connectivity index (χ3n) is 10.4. The first-order valence-electron chi connectivity index (χ1n) is 18.0. The van der Waals surface area contributed by atoms with Crippen molar-refractivity contribution in [3.63, 3.8) is 0 Å². The lowest BCUT2D eigenvalue weighted by molar-refractivity contribution is 0.668. The van der Waals surface area contributed by atoms with Crippen LogP contribution in [-0.4, -0.2) is 15.0 Å². The summed E-state index contributed by atoms with van der Waals surface area (Å²) in [5.74, 6) is 1.83. The van der Waals surface area contributed by atoms with Crippen molar-refractivity contribution in [3.8, 4) is 56.4 Å². The van der Waals surface area contributed by atoms with Crippen LogP contribution in [0, 0.1) is 0 Å². The van der Waals surface area contributed by atoms with Gasteiger partial charge in [-0.05, 0) is 57.3 Å². The average molecular weight is 692 g/mol. The van der Waals surface area contributed by atoms with Crippen LogP contribution in [0.3, 0.4) is 0 Å². The van der Waals surface area contributed by atoms with E-state index >= 15 is 0 Å². The lowest BCUT2D eigenvalue weighted by Crippen LogP contribution is -2.00. The van der Waals surface area contributed by atoms with Gasteiger partial charge in [0.15, 0.2) is 17.5 Å². The number of hydrogen-bond donors (Lipinski definition) is 0. The van der Waals surface area contributed by atoms with Crippen molar-refractivity contribution in [2.75, 3.05) is 0 Å². The first-order chi connectivity index (χ1) is 26.7. The Hall–Kier alpha value is -7.37. The molecule has 11 aromatic rings. The molecule has 5 heteroatoms. The normalized spacial score (nSPS) is 11.7. The van der Waals surface area contributed by atoms with Crippen LogP contribution in [0.5, 0.6) is 0 Å². The first kappa shape index (κ1) is 30.3. The van der Waals surface area contributed by atoms with Crippen molar-refractivity contribution >= 4 is 54.6 Å². The van der Waals surface area contributed by atoms with E-state index in [1.807, 2.05) is 60.7 Å². The topological polar surface area (TPSA) is 65.0 Å². The Bertz CT molecular complexity index is 3200. The summed E-state index contributed by atoms with van der Waals surface area (Å²) in [5, 5.41) is 6.73. The molecule has 0 aliphatic rings. The first-order valence-corrected chi connectivity index (χ1v) is 18.0. The lowest BCUT2D eigenvalue weighted by atomic mass is 9.95. The number of hydrogen-bond acceptors (Lipinski definition) is 5. The van der Waals surface area contributed by atoms with Crippen LogP contribution in [0.25, 0.3) is 111 Å². The predicted octanol–water partition coefficient (Wildman–Crippen LogP) is 13.2. The third-order valence-corrected chi connectivity index (χ3v) is 10.4. The van der Waals surface area contributed by atoms with E-state index in [1.165, 1.54) is 10.8 Å². The highest BCUT2D eigenvalue weighted by molar-refractivity contribution is 6.22. The van der Waals surface area contributed by atoms with E-state index < -0.39 is 0 Å². The monoisotopic (exact) mass is 691 g/mol. The molecule has 5 nitrogen and oxygen atoms in total. The zero-order valence-electron chi connectivity index (χ0n) is 28.9. The SMILES string of the molecule is c1ccc(-c2nc(-c3ccc(-c4ccc(-c5cccc6oc7ccc8ccccc8c7c56)cc4)cc3)nc(-c3cccc4oc5ccccc5c34)n2)cc1. The molecule has 0 atom stereocenters. The van der Waals surface area contributed by atoms with E-state index in [-0.39, 0.29) is 0 Å². The molecule has 0 aliphatic heterocycles. The summed E-state index contributed by atoms with van der Waals surface area (Å²) in [6, 6.07) is 60.5. The van der Waals surface area contributed by atoms with Gasteiger partial charge in [-0.15, -0.1) is 0 Å². The van der Waals surface area contributed by atoms with Gasteiger partial charge in [-0.1, -0.05) is 152 Å². The van der Waals surface area contributed by atoms with Crippen molar-refractivity contribution in [3.05, 3.63) is 176 Å². The lowest BCUT2D eigenvalue weighted by Gasteiger charge is -2.10. The number of benzene rings is 8. The molecular formula is C49H29N3O2. The molecule has 0 amide bonds. The molecule has 0 aliphatic carbocycles. The van der Waals surface area contributed by atoms with Gasteiger partial charge in [0.1, 0.15) is 22.3 Å². The second-order valence-electron chi connectivity index (χ2n) is 13.5. The fraction of sp³-hybridized carbons (Fsp3) is 0. The van der Waals surface area contributed by atoms with Crippen molar-refractivity contribution in [2.45, 2.75) is 0 Å². The van der Waals surface area contributed by atoms with Crippen molar-refractivity contribution in [2.24, 2.45) is 0 Å². The standard InChI is InChI=1S/C49H29N3O2/c1-2-11-34(12-3-1)47-50-48(52-49(51-47)39-16-9-18-41-44(39)38-14-6-7-17-40(38)53-41)35-26-22-31(23-27-35)30-20-24-33(25-21-30)37-15-8-19-42-45(37)46-36-13-5-4-10-32(36)28-29-43(46)54-42/h1-29H. The summed E-state index contributed by atoms with van der Waals surface area (Å²) in [6.45, 7) is 0. The quantitative estimate of drug-likeness (QED) is 0.180. The minimum Gasteiger partial charge on any atom is -0.456 e. The molecule has 54 heavy (non-hydrogen) atoms. The van der Waals surface area contributed by atoms with Gasteiger partial charge in [-0.3, -0.25) is 0 Å². The van der Waals surface area contributed by atoms with Crippen LogP contribution in [0.15, 0.2) is 185 Å². The molecule has 0 bridgehead atoms. The van der Waals surface area contributed by atoms with Gasteiger partial charge < -0.3 is 8.83 Å². The third kappa shape index (κ3) is 4.90. The zero-order valence-corrected chi connectivity index (χ0v) is 28.9. The Balaban J connectivity index is 0.976. The molecule has 3 aromatic heterocycles. The van der Waals surface area contributed by atoms with Crippen LogP contribution < -0.4 is 0 Å². The smallest absolute Gasteiger partial charge is 0.164 e. The Kier molecular flexibility index (Phi) is 6.79. The van der Waals surface area contributed by atoms with Crippen LogP contribution in [-0.2, 0) is 0 Å². The van der Waals surface area contributed by atoms with E-state index in [0.29, 0.717) is 17.5 Å². The zero-order chi connectivity index (χ0) is 35.6. The largest absolute Gasteiger partial charge is 0.456 e. The number of aromatic nitrogens is 3. The van der Waals surface area contributed by atoms with Crippen LogP contribution in [0.2, 0.25) is 0 Å². The van der Waals surface area contributed by atoms with Gasteiger partial charge in [0.05, 0.1) is 0 Å². The molecule has 0 unspecified atom stereocenters. The molecule has 0 fully saturated rings. The minimum atomic E-state index is 0.601. The Morgan fingerprint density at radius 1 is 0.278 bits per heavy atom. The summed E-state index contributed by atoms with van der Waals surface area (Å²) >= 11 is 0. The summed E-state index contributed by atoms with van der Waals surface area (Å²) in [5.41, 5.74) is 10.7. The molecule has 252 valence electrons. The van der Waals surface area contributed by atoms with Crippen molar-refractivity contribution in [1.29, 1.82) is 0 Å². The van der Waals surface area contributed by atoms with Gasteiger partial charge in [0.25, 0.3) is 0 Å². The molecule has 11 rings (SSSR count). The second-order valence-corrected chi connectivity index (χ2v) is 13.5. The van der Waals surface area contributed by atoms with Crippen LogP contribution in [0.1, 0.15) is 0 Å².